The number of hydrogen-bond acceptors (Lipinski definition) is 7. The third-order valence-corrected chi connectivity index (χ3v) is 14.7. The Balaban J connectivity index is 0.000000165. The third-order valence-electron chi connectivity index (χ3n) is 14.7. The van der Waals surface area contributed by atoms with Crippen molar-refractivity contribution in [1.29, 1.82) is 0 Å². The van der Waals surface area contributed by atoms with Gasteiger partial charge in [-0.05, 0) is 133 Å². The van der Waals surface area contributed by atoms with E-state index in [1.54, 1.807) is 12.4 Å². The zero-order chi connectivity index (χ0) is 41.2. The van der Waals surface area contributed by atoms with Crippen molar-refractivity contribution in [2.45, 2.75) is 121 Å². The summed E-state index contributed by atoms with van der Waals surface area (Å²) in [5.41, 5.74) is 10.5. The van der Waals surface area contributed by atoms with Gasteiger partial charge in [0.1, 0.15) is 5.78 Å². The number of ether oxygens (including phenoxy) is 2. The highest BCUT2D eigenvalue weighted by Gasteiger charge is 2.52. The molecule has 0 unspecified atom stereocenters. The summed E-state index contributed by atoms with van der Waals surface area (Å²) in [6, 6.07) is 20.3. The number of benzene rings is 2. The van der Waals surface area contributed by atoms with Gasteiger partial charge in [-0.25, -0.2) is 0 Å². The van der Waals surface area contributed by atoms with Gasteiger partial charge in [0.25, 0.3) is 0 Å². The van der Waals surface area contributed by atoms with Crippen LogP contribution in [0.3, 0.4) is 0 Å². The summed E-state index contributed by atoms with van der Waals surface area (Å²) in [5.74, 6) is 1.15. The zero-order valence-electron chi connectivity index (χ0n) is 35.2. The molecule has 1 spiro atoms. The minimum absolute atomic E-state index is 0.0499. The summed E-state index contributed by atoms with van der Waals surface area (Å²) in [7, 11) is 0. The van der Waals surface area contributed by atoms with E-state index in [0.717, 1.165) is 90.6 Å². The van der Waals surface area contributed by atoms with Gasteiger partial charge in [-0.1, -0.05) is 74.5 Å². The van der Waals surface area contributed by atoms with Gasteiger partial charge < -0.3 is 9.47 Å². The predicted octanol–water partition coefficient (Wildman–Crippen LogP) is 10.7. The topological polar surface area (TPSA) is 95.5 Å². The van der Waals surface area contributed by atoms with Crippen LogP contribution in [-0.4, -0.2) is 46.3 Å². The predicted molar refractivity (Wildman–Crippen MR) is 232 cm³/mol. The second-order valence-electron chi connectivity index (χ2n) is 17.5. The third kappa shape index (κ3) is 7.96. The van der Waals surface area contributed by atoms with Crippen LogP contribution < -0.4 is 0 Å². The van der Waals surface area contributed by atoms with E-state index in [1.807, 2.05) is 50.2 Å². The number of rotatable bonds is 8. The molecule has 7 nitrogen and oxygen atoms in total. The Labute approximate surface area is 349 Å². The lowest BCUT2D eigenvalue weighted by molar-refractivity contribution is -0.198. The largest absolute Gasteiger partial charge is 0.348 e. The minimum Gasteiger partial charge on any atom is -0.348 e. The number of carbonyl (C=O) groups excluding carboxylic acids is 3. The van der Waals surface area contributed by atoms with E-state index < -0.39 is 0 Å². The van der Waals surface area contributed by atoms with Gasteiger partial charge in [0.05, 0.1) is 13.2 Å². The highest BCUT2D eigenvalue weighted by atomic mass is 16.7. The van der Waals surface area contributed by atoms with Crippen molar-refractivity contribution in [3.05, 3.63) is 141 Å². The maximum absolute atomic E-state index is 13.1. The summed E-state index contributed by atoms with van der Waals surface area (Å²) in [4.78, 5) is 46.7. The van der Waals surface area contributed by atoms with Gasteiger partial charge in [-0.2, -0.15) is 0 Å². The molecule has 306 valence electrons. The van der Waals surface area contributed by atoms with Crippen LogP contribution in [0.2, 0.25) is 0 Å². The van der Waals surface area contributed by atoms with Crippen molar-refractivity contribution < 1.29 is 23.9 Å². The number of aromatic nitrogens is 2. The Hall–Kier alpha value is -4.85. The number of nitrogens with zero attached hydrogens (tertiary/aromatic N) is 2. The number of Topliss-reactive ketones (excluding diaryl/α,β-unsaturated/α-hetero) is 3. The van der Waals surface area contributed by atoms with Crippen molar-refractivity contribution in [2.75, 3.05) is 13.2 Å². The lowest BCUT2D eigenvalue weighted by Gasteiger charge is -2.49. The molecule has 5 aliphatic rings. The Morgan fingerprint density at radius 3 is 1.75 bits per heavy atom. The van der Waals surface area contributed by atoms with E-state index in [1.165, 1.54) is 16.7 Å². The maximum Gasteiger partial charge on any atom is 0.168 e. The molecular weight excluding hydrogens is 733 g/mol. The van der Waals surface area contributed by atoms with Gasteiger partial charge in [0, 0.05) is 73.4 Å². The van der Waals surface area contributed by atoms with Crippen molar-refractivity contribution in [3.63, 3.8) is 0 Å². The van der Waals surface area contributed by atoms with E-state index in [-0.39, 0.29) is 28.2 Å². The van der Waals surface area contributed by atoms with E-state index in [4.69, 9.17) is 9.47 Å². The summed E-state index contributed by atoms with van der Waals surface area (Å²) in [6.45, 7) is 9.86. The smallest absolute Gasteiger partial charge is 0.168 e. The van der Waals surface area contributed by atoms with Crippen LogP contribution in [0.4, 0.5) is 0 Å². The van der Waals surface area contributed by atoms with E-state index in [0.29, 0.717) is 56.5 Å². The molecule has 4 aliphatic carbocycles. The van der Waals surface area contributed by atoms with Crippen molar-refractivity contribution in [1.82, 2.24) is 9.97 Å². The molecule has 4 aromatic rings. The van der Waals surface area contributed by atoms with Crippen molar-refractivity contribution >= 4 is 29.5 Å². The van der Waals surface area contributed by atoms with Crippen LogP contribution in [0.1, 0.15) is 144 Å². The highest BCUT2D eigenvalue weighted by molar-refractivity contribution is 5.99. The first-order chi connectivity index (χ1) is 28.6. The van der Waals surface area contributed by atoms with Crippen molar-refractivity contribution in [3.8, 4) is 0 Å². The van der Waals surface area contributed by atoms with Gasteiger partial charge in [-0.3, -0.25) is 24.4 Å². The fraction of sp³-hybridized carbons (Fsp3) is 0.442. The molecule has 2 aromatic carbocycles. The number of fused-ring (bicyclic) bond motifs is 6. The number of carbonyl (C=O) groups is 3. The van der Waals surface area contributed by atoms with Gasteiger partial charge in [0.15, 0.2) is 17.4 Å². The Bertz CT molecular complexity index is 2300. The Morgan fingerprint density at radius 2 is 1.22 bits per heavy atom. The molecule has 7 heteroatoms. The molecule has 1 aliphatic heterocycles. The minimum atomic E-state index is -0.376. The first kappa shape index (κ1) is 40.9. The van der Waals surface area contributed by atoms with Crippen LogP contribution in [0.5, 0.6) is 0 Å². The molecule has 59 heavy (non-hydrogen) atoms. The average molecular weight is 791 g/mol. The summed E-state index contributed by atoms with van der Waals surface area (Å²) in [5, 5.41) is 0. The van der Waals surface area contributed by atoms with Crippen LogP contribution in [0.25, 0.3) is 12.2 Å². The fourth-order valence-electron chi connectivity index (χ4n) is 11.2. The molecule has 2 saturated carbocycles. The van der Waals surface area contributed by atoms with Gasteiger partial charge in [0.2, 0.25) is 0 Å². The molecule has 2 aromatic heterocycles. The summed E-state index contributed by atoms with van der Waals surface area (Å²) >= 11 is 0. The quantitative estimate of drug-likeness (QED) is 0.164. The molecule has 0 amide bonds. The molecule has 9 rings (SSSR count). The first-order valence-corrected chi connectivity index (χ1v) is 21.9. The van der Waals surface area contributed by atoms with E-state index in [2.05, 4.69) is 72.4 Å². The normalized spacial score (nSPS) is 25.1. The van der Waals surface area contributed by atoms with Crippen molar-refractivity contribution in [2.24, 2.45) is 11.8 Å². The maximum atomic E-state index is 13.1. The molecule has 1 saturated heterocycles. The SMILES string of the molecule is CC[C@@]12CCC(=O)C[C@@H]1CC=Cc1cc(C(=O)Cc3cccnc3C)ccc12.CC[C@@]12CCC3(C[C@@H]1CC=Cc1cc(C(=O)Cc4cccnc4C)ccc12)OCCO3. The second kappa shape index (κ2) is 17.0. The van der Waals surface area contributed by atoms with Gasteiger partial charge in [-0.15, -0.1) is 0 Å². The highest BCUT2D eigenvalue weighted by Crippen LogP contribution is 2.55. The molecule has 0 bridgehead atoms. The van der Waals surface area contributed by atoms with Crippen LogP contribution in [0.15, 0.2) is 85.2 Å². The van der Waals surface area contributed by atoms with Crippen LogP contribution >= 0.6 is 0 Å². The monoisotopic (exact) mass is 790 g/mol. The van der Waals surface area contributed by atoms with Gasteiger partial charge >= 0.3 is 0 Å². The Morgan fingerprint density at radius 1 is 0.695 bits per heavy atom. The molecule has 4 atom stereocenters. The van der Waals surface area contributed by atoms with E-state index >= 15 is 0 Å². The number of aryl methyl sites for hydroxylation is 2. The molecule has 3 fully saturated rings. The number of hydrogen-bond donors (Lipinski definition) is 0. The number of allylic oxidation sites excluding steroid dienone is 2. The Kier molecular flexibility index (Phi) is 11.8. The second-order valence-corrected chi connectivity index (χ2v) is 17.5. The number of ketones is 3. The van der Waals surface area contributed by atoms with Crippen LogP contribution in [0, 0.1) is 25.7 Å². The zero-order valence-corrected chi connectivity index (χ0v) is 35.2. The first-order valence-electron chi connectivity index (χ1n) is 21.9. The standard InChI is InChI=1S/C27H31NO3.C25H27NO2/c1-3-26-11-12-27(30-14-15-31-27)18-23(26)8-4-6-21-16-22(9-10-24(21)26)25(29)17-20-7-5-13-28-19(20)2;1-3-25-12-11-22(27)16-21(25)8-4-6-19-14-20(9-10-23(19)25)24(28)15-18-7-5-13-26-17(18)2/h4-7,9-10,13,16,23H,3,8,11-12,14-15,17-18H2,1-2H3;4-7,9-10,13-14,21H,3,8,11-12,15-16H2,1-2H3/t23-,26+;21-,25+/m00/s1. The average Bonchev–Trinajstić information content (AvgIpc) is 3.56. The van der Waals surface area contributed by atoms with E-state index in [9.17, 15) is 14.4 Å². The molecule has 0 radical (unpaired) electrons. The summed E-state index contributed by atoms with van der Waals surface area (Å²) in [6.07, 6.45) is 22.4. The molecular formula is C52H58N2O5. The van der Waals surface area contributed by atoms with Crippen LogP contribution in [-0.2, 0) is 37.9 Å². The number of pyridine rings is 2. The molecule has 3 heterocycles. The summed E-state index contributed by atoms with van der Waals surface area (Å²) < 4.78 is 12.1. The fourth-order valence-corrected chi connectivity index (χ4v) is 11.2. The lowest BCUT2D eigenvalue weighted by atomic mass is 9.58. The lowest BCUT2D eigenvalue weighted by Crippen LogP contribution is -2.48. The molecule has 0 N–H and O–H groups in total.